The number of carbonyl (C=O) groups is 2. The minimum Gasteiger partial charge on any atom is -0.270 e. The van der Waals surface area contributed by atoms with Gasteiger partial charge in [0.1, 0.15) is 6.54 Å². The molecule has 3 heterocycles. The van der Waals surface area contributed by atoms with Crippen molar-refractivity contribution in [2.75, 3.05) is 20.6 Å². The molecule has 0 radical (unpaired) electrons. The molecule has 0 spiro atoms. The van der Waals surface area contributed by atoms with Gasteiger partial charge >= 0.3 is 12.0 Å². The summed E-state index contributed by atoms with van der Waals surface area (Å²) in [7, 11) is 3.47. The van der Waals surface area contributed by atoms with E-state index in [1.807, 2.05) is 54.0 Å². The molecule has 1 fully saturated rings. The van der Waals surface area contributed by atoms with Gasteiger partial charge < -0.3 is 0 Å². The van der Waals surface area contributed by atoms with Crippen LogP contribution in [0.3, 0.4) is 0 Å². The van der Waals surface area contributed by atoms with Gasteiger partial charge in [0.05, 0.1) is 19.3 Å². The van der Waals surface area contributed by atoms with E-state index in [4.69, 9.17) is 0 Å². The molecule has 1 unspecified atom stereocenters. The zero-order valence-corrected chi connectivity index (χ0v) is 16.5. The second-order valence-electron chi connectivity index (χ2n) is 7.56. The zero-order chi connectivity index (χ0) is 20.3. The molecule has 3 aliphatic heterocycles. The van der Waals surface area contributed by atoms with Crippen LogP contribution >= 0.6 is 0 Å². The Hall–Kier alpha value is -3.55. The highest BCUT2D eigenvalue weighted by Gasteiger charge is 2.54. The molecule has 1 atom stereocenters. The Labute approximate surface area is 168 Å². The summed E-state index contributed by atoms with van der Waals surface area (Å²) in [6, 6.07) is 13.0. The van der Waals surface area contributed by atoms with Crippen molar-refractivity contribution in [2.45, 2.75) is 19.5 Å². The fraction of sp³-hybridized carbons (Fsp3) is 0.286. The maximum absolute atomic E-state index is 13.5. The first-order valence-corrected chi connectivity index (χ1v) is 9.51. The first-order chi connectivity index (χ1) is 14.0. The summed E-state index contributed by atoms with van der Waals surface area (Å²) in [6.07, 6.45) is 0. The van der Waals surface area contributed by atoms with Gasteiger partial charge in [-0.1, -0.05) is 47.5 Å². The molecular formula is C21H21N6O2+. The number of guanidine groups is 1. The summed E-state index contributed by atoms with van der Waals surface area (Å²) in [6.45, 7) is 2.65. The van der Waals surface area contributed by atoms with Crippen molar-refractivity contribution in [1.29, 1.82) is 0 Å². The maximum atomic E-state index is 13.5. The topological polar surface area (TPSA) is 71.6 Å². The highest BCUT2D eigenvalue weighted by atomic mass is 16.2. The molecule has 3 amide bonds. The summed E-state index contributed by atoms with van der Waals surface area (Å²) in [4.78, 5) is 33.9. The molecular weight excluding hydrogens is 368 g/mol. The van der Waals surface area contributed by atoms with Gasteiger partial charge in [0.15, 0.2) is 0 Å². The third kappa shape index (κ3) is 2.55. The number of imide groups is 1. The molecule has 8 nitrogen and oxygen atoms in total. The highest BCUT2D eigenvalue weighted by molar-refractivity contribution is 6.23. The van der Waals surface area contributed by atoms with Crippen LogP contribution in [0.25, 0.3) is 10.8 Å². The number of hydrazone groups is 1. The van der Waals surface area contributed by atoms with E-state index in [0.717, 1.165) is 22.0 Å². The fourth-order valence-corrected chi connectivity index (χ4v) is 4.25. The Balaban J connectivity index is 1.54. The smallest absolute Gasteiger partial charge is 0.270 e. The number of urea groups is 1. The number of amides is 3. The van der Waals surface area contributed by atoms with Crippen LogP contribution in [-0.4, -0.2) is 75.5 Å². The van der Waals surface area contributed by atoms with E-state index in [0.29, 0.717) is 18.3 Å². The zero-order valence-electron chi connectivity index (χ0n) is 16.5. The van der Waals surface area contributed by atoms with E-state index in [1.165, 1.54) is 9.80 Å². The van der Waals surface area contributed by atoms with Gasteiger partial charge in [-0.15, -0.1) is 10.1 Å². The van der Waals surface area contributed by atoms with Crippen LogP contribution in [0.4, 0.5) is 4.79 Å². The average molecular weight is 389 g/mol. The van der Waals surface area contributed by atoms with Crippen molar-refractivity contribution in [3.05, 3.63) is 48.0 Å². The number of carbonyl (C=O) groups excluding carboxylic acids is 2. The Morgan fingerprint density at radius 3 is 2.69 bits per heavy atom. The summed E-state index contributed by atoms with van der Waals surface area (Å²) in [5, 5.41) is 8.19. The highest BCUT2D eigenvalue weighted by Crippen LogP contribution is 2.26. The molecule has 5 rings (SSSR count). The minimum absolute atomic E-state index is 0.221. The molecule has 2 aromatic carbocycles. The summed E-state index contributed by atoms with van der Waals surface area (Å²) in [5.74, 6) is 0.800. The van der Waals surface area contributed by atoms with Gasteiger partial charge in [-0.3, -0.25) is 14.6 Å². The standard InChI is InChI=1S/C21H21N6O2/c1-13-11-26-17-18(22-20(26)25(3)23-13)24(2)21(29)27(19(17)28)12-15-9-6-8-14-7-4-5-10-16(14)15/h4-10,17H,11-12H2,1-3H3/q+1. The van der Waals surface area contributed by atoms with Gasteiger partial charge in [-0.2, -0.15) is 0 Å². The second kappa shape index (κ2) is 6.23. The first-order valence-electron chi connectivity index (χ1n) is 9.51. The summed E-state index contributed by atoms with van der Waals surface area (Å²) >= 11 is 0. The lowest BCUT2D eigenvalue weighted by Gasteiger charge is -2.34. The number of hydrogen-bond acceptors (Lipinski definition) is 5. The molecule has 0 aliphatic carbocycles. The van der Waals surface area contributed by atoms with Crippen molar-refractivity contribution < 1.29 is 14.2 Å². The predicted octanol–water partition coefficient (Wildman–Crippen LogP) is 1.70. The van der Waals surface area contributed by atoms with Crippen LogP contribution in [-0.2, 0) is 11.3 Å². The van der Waals surface area contributed by atoms with Crippen LogP contribution in [0.1, 0.15) is 12.5 Å². The average Bonchev–Trinajstić information content (AvgIpc) is 3.10. The van der Waals surface area contributed by atoms with E-state index in [-0.39, 0.29) is 18.5 Å². The van der Waals surface area contributed by atoms with E-state index in [1.54, 1.807) is 19.1 Å². The maximum Gasteiger partial charge on any atom is 0.416 e. The minimum atomic E-state index is -0.615. The van der Waals surface area contributed by atoms with Crippen molar-refractivity contribution >= 4 is 40.2 Å². The predicted molar refractivity (Wildman–Crippen MR) is 110 cm³/mol. The Bertz CT molecular complexity index is 1160. The Morgan fingerprint density at radius 2 is 1.86 bits per heavy atom. The van der Waals surface area contributed by atoms with Crippen LogP contribution in [0.5, 0.6) is 0 Å². The number of nitrogens with zero attached hydrogens (tertiary/aromatic N) is 6. The third-order valence-corrected chi connectivity index (χ3v) is 5.61. The van der Waals surface area contributed by atoms with Gasteiger partial charge in [-0.05, 0) is 23.3 Å². The van der Waals surface area contributed by atoms with Crippen LogP contribution in [0, 0.1) is 0 Å². The Morgan fingerprint density at radius 1 is 1.10 bits per heavy atom. The van der Waals surface area contributed by atoms with Crippen LogP contribution in [0.2, 0.25) is 0 Å². The van der Waals surface area contributed by atoms with Gasteiger partial charge in [0.25, 0.3) is 5.91 Å². The van der Waals surface area contributed by atoms with Crippen LogP contribution in [0.15, 0.2) is 52.6 Å². The second-order valence-corrected chi connectivity index (χ2v) is 7.56. The molecule has 146 valence electrons. The van der Waals surface area contributed by atoms with Crippen molar-refractivity contribution in [1.82, 2.24) is 14.8 Å². The number of aliphatic imine (C=N–C) groups is 1. The van der Waals surface area contributed by atoms with Crippen molar-refractivity contribution in [2.24, 2.45) is 10.1 Å². The number of benzene rings is 2. The molecule has 1 saturated heterocycles. The van der Waals surface area contributed by atoms with Crippen LogP contribution < -0.4 is 0 Å². The SMILES string of the molecule is CC1=NN(C)C2=[N+](C1)C1C(=O)N(Cc3cccc4ccccc34)C(=O)N(C)C1=N2. The molecule has 29 heavy (non-hydrogen) atoms. The molecule has 0 bridgehead atoms. The molecule has 0 saturated carbocycles. The number of amidine groups is 1. The van der Waals surface area contributed by atoms with Gasteiger partial charge in [-0.25, -0.2) is 9.37 Å². The monoisotopic (exact) mass is 389 g/mol. The number of rotatable bonds is 2. The van der Waals surface area contributed by atoms with Crippen molar-refractivity contribution in [3.63, 3.8) is 0 Å². The first kappa shape index (κ1) is 17.5. The fourth-order valence-electron chi connectivity index (χ4n) is 4.25. The van der Waals surface area contributed by atoms with E-state index < -0.39 is 6.04 Å². The lowest BCUT2D eigenvalue weighted by atomic mass is 10.0. The summed E-state index contributed by atoms with van der Waals surface area (Å²) < 4.78 is 1.92. The van der Waals surface area contributed by atoms with Gasteiger partial charge in [0, 0.05) is 7.05 Å². The van der Waals surface area contributed by atoms with Gasteiger partial charge in [0.2, 0.25) is 11.9 Å². The molecule has 0 aromatic heterocycles. The Kier molecular flexibility index (Phi) is 3.77. The van der Waals surface area contributed by atoms with E-state index in [9.17, 15) is 9.59 Å². The molecule has 2 aromatic rings. The number of likely N-dealkylation sites (N-methyl/N-ethyl adjacent to an activating group) is 1. The quantitative estimate of drug-likeness (QED) is 0.734. The lowest BCUT2D eigenvalue weighted by Crippen LogP contribution is -2.63. The third-order valence-electron chi connectivity index (χ3n) is 5.61. The number of hydrogen-bond donors (Lipinski definition) is 0. The van der Waals surface area contributed by atoms with Crippen molar-refractivity contribution in [3.8, 4) is 0 Å². The molecule has 8 heteroatoms. The molecule has 0 N–H and O–H groups in total. The largest absolute Gasteiger partial charge is 0.416 e. The normalized spacial score (nSPS) is 21.5. The molecule has 3 aliphatic rings. The lowest BCUT2D eigenvalue weighted by molar-refractivity contribution is -0.527. The number of fused-ring (bicyclic) bond motifs is 3. The van der Waals surface area contributed by atoms with E-state index in [2.05, 4.69) is 10.1 Å². The summed E-state index contributed by atoms with van der Waals surface area (Å²) in [5.41, 5.74) is 1.83. The van der Waals surface area contributed by atoms with E-state index >= 15 is 0 Å².